The van der Waals surface area contributed by atoms with Crippen LogP contribution in [0.4, 0.5) is 0 Å². The van der Waals surface area contributed by atoms with Gasteiger partial charge in [-0.2, -0.15) is 0 Å². The van der Waals surface area contributed by atoms with Crippen LogP contribution in [0.15, 0.2) is 25.3 Å². The van der Waals surface area contributed by atoms with Gasteiger partial charge < -0.3 is 24.5 Å². The van der Waals surface area contributed by atoms with Crippen molar-refractivity contribution in [2.45, 2.75) is 76.7 Å². The Morgan fingerprint density at radius 1 is 1.24 bits per heavy atom. The molecule has 0 aliphatic carbocycles. The van der Waals surface area contributed by atoms with Crippen molar-refractivity contribution in [2.75, 3.05) is 32.8 Å². The average Bonchev–Trinajstić information content (AvgIpc) is 3.35. The van der Waals surface area contributed by atoms with Crippen LogP contribution < -0.4 is 0 Å². The van der Waals surface area contributed by atoms with E-state index in [4.69, 9.17) is 4.74 Å². The van der Waals surface area contributed by atoms with E-state index < -0.39 is 29.1 Å². The van der Waals surface area contributed by atoms with Gasteiger partial charge in [-0.1, -0.05) is 19.1 Å². The van der Waals surface area contributed by atoms with Gasteiger partial charge in [-0.25, -0.2) is 0 Å². The van der Waals surface area contributed by atoms with Crippen LogP contribution in [0.3, 0.4) is 0 Å². The number of fused-ring (bicyclic) bond motifs is 1. The summed E-state index contributed by atoms with van der Waals surface area (Å²) in [5, 5.41) is 9.48. The number of aliphatic hydroxyl groups excluding tert-OH is 1. The lowest BCUT2D eigenvalue weighted by Crippen LogP contribution is -2.57. The number of aliphatic hydroxyl groups is 1. The van der Waals surface area contributed by atoms with Gasteiger partial charge in [0.1, 0.15) is 11.6 Å². The highest BCUT2D eigenvalue weighted by molar-refractivity contribution is 5.99. The van der Waals surface area contributed by atoms with Crippen molar-refractivity contribution in [1.29, 1.82) is 0 Å². The molecule has 1 N–H and O–H groups in total. The van der Waals surface area contributed by atoms with E-state index in [2.05, 4.69) is 13.2 Å². The third-order valence-corrected chi connectivity index (χ3v) is 7.72. The molecule has 0 saturated carbocycles. The van der Waals surface area contributed by atoms with Crippen molar-refractivity contribution < 1.29 is 24.2 Å². The van der Waals surface area contributed by atoms with Crippen LogP contribution in [0.1, 0.15) is 53.4 Å². The van der Waals surface area contributed by atoms with Crippen molar-refractivity contribution in [3.8, 4) is 0 Å². The highest BCUT2D eigenvalue weighted by atomic mass is 16.5. The molecule has 3 amide bonds. The summed E-state index contributed by atoms with van der Waals surface area (Å²) >= 11 is 0. The summed E-state index contributed by atoms with van der Waals surface area (Å²) in [7, 11) is 0. The number of ether oxygens (including phenoxy) is 1. The van der Waals surface area contributed by atoms with Crippen LogP contribution in [0.5, 0.6) is 0 Å². The van der Waals surface area contributed by atoms with Gasteiger partial charge >= 0.3 is 0 Å². The molecule has 3 heterocycles. The molecule has 3 aliphatic heterocycles. The summed E-state index contributed by atoms with van der Waals surface area (Å²) in [6, 6.07) is -0.910. The molecular formula is C26H41N3O5. The topological polar surface area (TPSA) is 90.4 Å². The lowest BCUT2D eigenvalue weighted by Gasteiger charge is -2.38. The third-order valence-electron chi connectivity index (χ3n) is 7.72. The van der Waals surface area contributed by atoms with Crippen molar-refractivity contribution in [1.82, 2.24) is 14.7 Å². The van der Waals surface area contributed by atoms with Gasteiger partial charge in [0.2, 0.25) is 17.7 Å². The lowest BCUT2D eigenvalue weighted by molar-refractivity contribution is -0.154. The molecule has 8 heteroatoms. The third kappa shape index (κ3) is 4.09. The van der Waals surface area contributed by atoms with E-state index >= 15 is 0 Å². The first-order valence-corrected chi connectivity index (χ1v) is 12.6. The second-order valence-electron chi connectivity index (χ2n) is 10.3. The molecule has 2 unspecified atom stereocenters. The lowest BCUT2D eigenvalue weighted by atomic mass is 9.66. The van der Waals surface area contributed by atoms with Crippen LogP contribution in [-0.2, 0) is 19.1 Å². The maximum absolute atomic E-state index is 14.0. The number of rotatable bonds is 12. The molecule has 8 nitrogen and oxygen atoms in total. The SMILES string of the molecule is C=CCN(CCC)C(=O)[C@H]1[C@H]2C(=O)N(CCCO)C(C(=O)N(CC=C)C(C)C)C23CC[C@]1(C)O3. The molecule has 0 radical (unpaired) electrons. The van der Waals surface area contributed by atoms with E-state index in [9.17, 15) is 19.5 Å². The molecular weight excluding hydrogens is 434 g/mol. The first kappa shape index (κ1) is 26.4. The number of hydrogen-bond donors (Lipinski definition) is 1. The molecule has 0 aromatic heterocycles. The first-order chi connectivity index (χ1) is 16.1. The van der Waals surface area contributed by atoms with E-state index in [-0.39, 0.29) is 36.9 Å². The zero-order valence-corrected chi connectivity index (χ0v) is 21.2. The molecule has 3 fully saturated rings. The van der Waals surface area contributed by atoms with Crippen LogP contribution >= 0.6 is 0 Å². The Bertz CT molecular complexity index is 829. The van der Waals surface area contributed by atoms with Gasteiger partial charge in [0.05, 0.1) is 17.4 Å². The van der Waals surface area contributed by atoms with Crippen LogP contribution in [0.25, 0.3) is 0 Å². The van der Waals surface area contributed by atoms with Crippen LogP contribution in [0.2, 0.25) is 0 Å². The van der Waals surface area contributed by atoms with Crippen molar-refractivity contribution in [3.63, 3.8) is 0 Å². The summed E-state index contributed by atoms with van der Waals surface area (Å²) in [5.41, 5.74) is -1.84. The Morgan fingerprint density at radius 2 is 1.91 bits per heavy atom. The summed E-state index contributed by atoms with van der Waals surface area (Å²) < 4.78 is 6.66. The van der Waals surface area contributed by atoms with E-state index in [1.54, 1.807) is 26.9 Å². The van der Waals surface area contributed by atoms with E-state index in [0.29, 0.717) is 38.9 Å². The highest BCUT2D eigenvalue weighted by Crippen LogP contribution is 2.63. The number of carbonyl (C=O) groups excluding carboxylic acids is 3. The Labute approximate surface area is 203 Å². The monoisotopic (exact) mass is 475 g/mol. The number of amides is 3. The Morgan fingerprint density at radius 3 is 2.47 bits per heavy atom. The maximum atomic E-state index is 14.0. The number of carbonyl (C=O) groups is 3. The molecule has 0 aromatic carbocycles. The summed E-state index contributed by atoms with van der Waals surface area (Å²) in [6.45, 7) is 16.9. The number of hydrogen-bond acceptors (Lipinski definition) is 5. The van der Waals surface area contributed by atoms with Gasteiger partial charge in [-0.15, -0.1) is 13.2 Å². The second-order valence-corrected chi connectivity index (χ2v) is 10.3. The van der Waals surface area contributed by atoms with E-state index in [1.807, 2.05) is 27.7 Å². The molecule has 190 valence electrons. The zero-order valence-electron chi connectivity index (χ0n) is 21.2. The van der Waals surface area contributed by atoms with Crippen molar-refractivity contribution >= 4 is 17.7 Å². The first-order valence-electron chi connectivity index (χ1n) is 12.6. The molecule has 1 spiro atoms. The molecule has 34 heavy (non-hydrogen) atoms. The van der Waals surface area contributed by atoms with Gasteiger partial charge in [0.25, 0.3) is 0 Å². The highest BCUT2D eigenvalue weighted by Gasteiger charge is 2.78. The largest absolute Gasteiger partial charge is 0.396 e. The Balaban J connectivity index is 2.07. The fraction of sp³-hybridized carbons (Fsp3) is 0.731. The minimum absolute atomic E-state index is 0.0880. The second kappa shape index (κ2) is 10.2. The maximum Gasteiger partial charge on any atom is 0.248 e. The fourth-order valence-electron chi connectivity index (χ4n) is 6.33. The average molecular weight is 476 g/mol. The standard InChI is InChI=1S/C26H41N3O5/c1-7-13-27(14-8-2)22(31)19-20-23(32)29(16-10-17-30)21(24(33)28(15-9-3)18(4)5)26(20)12-11-25(19,6)34-26/h7,9,18-21,30H,1,3,8,10-17H2,2,4-6H3/t19-,20+,21?,25+,26?/m1/s1. The summed E-state index contributed by atoms with van der Waals surface area (Å²) in [6.07, 6.45) is 5.69. The minimum Gasteiger partial charge on any atom is -0.396 e. The van der Waals surface area contributed by atoms with Crippen LogP contribution in [0, 0.1) is 11.8 Å². The van der Waals surface area contributed by atoms with Gasteiger partial charge in [-0.05, 0) is 46.5 Å². The van der Waals surface area contributed by atoms with E-state index in [1.165, 1.54) is 0 Å². The molecule has 2 bridgehead atoms. The quantitative estimate of drug-likeness (QED) is 0.436. The molecule has 0 aromatic rings. The predicted molar refractivity (Wildman–Crippen MR) is 130 cm³/mol. The molecule has 3 saturated heterocycles. The Kier molecular flexibility index (Phi) is 7.92. The van der Waals surface area contributed by atoms with Gasteiger partial charge in [0, 0.05) is 38.8 Å². The fourth-order valence-corrected chi connectivity index (χ4v) is 6.33. The predicted octanol–water partition coefficient (Wildman–Crippen LogP) is 1.98. The zero-order chi connectivity index (χ0) is 25.3. The van der Waals surface area contributed by atoms with Gasteiger partial charge in [0.15, 0.2) is 0 Å². The molecule has 3 rings (SSSR count). The summed E-state index contributed by atoms with van der Waals surface area (Å²) in [4.78, 5) is 46.8. The Hall–Kier alpha value is -2.19. The molecule has 5 atom stereocenters. The molecule has 3 aliphatic rings. The number of nitrogens with zero attached hydrogens (tertiary/aromatic N) is 3. The number of likely N-dealkylation sites (tertiary alicyclic amines) is 1. The van der Waals surface area contributed by atoms with E-state index in [0.717, 1.165) is 6.42 Å². The normalized spacial score (nSPS) is 31.6. The van der Waals surface area contributed by atoms with Crippen LogP contribution in [-0.4, -0.2) is 93.6 Å². The minimum atomic E-state index is -1.04. The van der Waals surface area contributed by atoms with Crippen molar-refractivity contribution in [3.05, 3.63) is 25.3 Å². The van der Waals surface area contributed by atoms with Crippen molar-refractivity contribution in [2.24, 2.45) is 11.8 Å². The summed E-state index contributed by atoms with van der Waals surface area (Å²) in [5.74, 6) is -1.87. The van der Waals surface area contributed by atoms with Gasteiger partial charge in [-0.3, -0.25) is 14.4 Å². The smallest absolute Gasteiger partial charge is 0.248 e.